The standard InChI is InChI=1S/C35H42N4O4/c1-23-7-8-26(31-24(2)37-43-25(31)3)17-30(23)39(28-11-9-27(10-12-28)35(20-36)15-16-35)21-34(13-14-34)22-41-29-18-38(19-29)32(40)42-33(4,5)6/h7-12,17,29H,13-16,18-19,21-22H2,1-6H3. The summed E-state index contributed by atoms with van der Waals surface area (Å²) in [4.78, 5) is 16.5. The highest BCUT2D eigenvalue weighted by Gasteiger charge is 2.47. The zero-order valence-electron chi connectivity index (χ0n) is 26.2. The molecule has 8 nitrogen and oxygen atoms in total. The smallest absolute Gasteiger partial charge is 0.410 e. The Hall–Kier alpha value is -3.83. The lowest BCUT2D eigenvalue weighted by Gasteiger charge is -2.40. The van der Waals surface area contributed by atoms with Gasteiger partial charge in [0.25, 0.3) is 0 Å². The van der Waals surface area contributed by atoms with Gasteiger partial charge in [-0.15, -0.1) is 0 Å². The Balaban J connectivity index is 1.23. The van der Waals surface area contributed by atoms with Crippen LogP contribution in [0, 0.1) is 37.5 Å². The van der Waals surface area contributed by atoms with Gasteiger partial charge in [-0.3, -0.25) is 0 Å². The van der Waals surface area contributed by atoms with Gasteiger partial charge in [-0.1, -0.05) is 29.4 Å². The van der Waals surface area contributed by atoms with Gasteiger partial charge in [-0.25, -0.2) is 4.79 Å². The topological polar surface area (TPSA) is 91.8 Å². The van der Waals surface area contributed by atoms with Crippen LogP contribution in [-0.4, -0.2) is 54.1 Å². The third kappa shape index (κ3) is 6.01. The van der Waals surface area contributed by atoms with Crippen molar-refractivity contribution in [3.8, 4) is 17.2 Å². The van der Waals surface area contributed by atoms with Crippen LogP contribution in [0.2, 0.25) is 0 Å². The van der Waals surface area contributed by atoms with Crippen molar-refractivity contribution in [1.82, 2.24) is 10.1 Å². The predicted octanol–water partition coefficient (Wildman–Crippen LogP) is 7.38. The Kier molecular flexibility index (Phi) is 7.29. The molecule has 3 fully saturated rings. The molecule has 0 bridgehead atoms. The molecule has 3 aliphatic rings. The van der Waals surface area contributed by atoms with Crippen LogP contribution in [0.3, 0.4) is 0 Å². The molecular formula is C35H42N4O4. The van der Waals surface area contributed by atoms with Crippen LogP contribution < -0.4 is 4.90 Å². The van der Waals surface area contributed by atoms with E-state index in [1.165, 1.54) is 5.56 Å². The summed E-state index contributed by atoms with van der Waals surface area (Å²) in [6.07, 6.45) is 3.79. The van der Waals surface area contributed by atoms with E-state index in [1.807, 2.05) is 34.6 Å². The van der Waals surface area contributed by atoms with Gasteiger partial charge in [0.05, 0.1) is 43.0 Å². The quantitative estimate of drug-likeness (QED) is 0.260. The second-order valence-electron chi connectivity index (χ2n) is 13.8. The lowest BCUT2D eigenvalue weighted by atomic mass is 9.96. The maximum atomic E-state index is 12.4. The van der Waals surface area contributed by atoms with E-state index in [1.54, 1.807) is 4.90 Å². The molecule has 0 radical (unpaired) electrons. The van der Waals surface area contributed by atoms with Crippen LogP contribution >= 0.6 is 0 Å². The van der Waals surface area contributed by atoms with Gasteiger partial charge in [0.15, 0.2) is 0 Å². The lowest BCUT2D eigenvalue weighted by molar-refractivity contribution is -0.0733. The first kappa shape index (κ1) is 29.3. The number of carbonyl (C=O) groups excluding carboxylic acids is 1. The van der Waals surface area contributed by atoms with Crippen LogP contribution in [0.1, 0.15) is 69.0 Å². The SMILES string of the molecule is Cc1ccc(-c2c(C)noc2C)cc1N(CC1(COC2CN(C(=O)OC(C)(C)C)C2)CC1)c1ccc(C2(C#N)CC2)cc1. The minimum Gasteiger partial charge on any atom is -0.444 e. The van der Waals surface area contributed by atoms with E-state index in [9.17, 15) is 10.1 Å². The highest BCUT2D eigenvalue weighted by atomic mass is 16.6. The number of likely N-dealkylation sites (tertiary alicyclic amines) is 1. The highest BCUT2D eigenvalue weighted by molar-refractivity contribution is 5.76. The van der Waals surface area contributed by atoms with Gasteiger partial charge in [0.2, 0.25) is 0 Å². The summed E-state index contributed by atoms with van der Waals surface area (Å²) >= 11 is 0. The summed E-state index contributed by atoms with van der Waals surface area (Å²) in [6, 6.07) is 17.7. The predicted molar refractivity (Wildman–Crippen MR) is 165 cm³/mol. The van der Waals surface area contributed by atoms with Crippen molar-refractivity contribution in [1.29, 1.82) is 5.26 Å². The number of hydrogen-bond donors (Lipinski definition) is 0. The van der Waals surface area contributed by atoms with E-state index in [4.69, 9.17) is 14.0 Å². The van der Waals surface area contributed by atoms with E-state index >= 15 is 0 Å². The van der Waals surface area contributed by atoms with E-state index in [2.05, 4.69) is 65.5 Å². The van der Waals surface area contributed by atoms with Crippen molar-refractivity contribution in [2.75, 3.05) is 31.1 Å². The first-order valence-electron chi connectivity index (χ1n) is 15.3. The van der Waals surface area contributed by atoms with Crippen molar-refractivity contribution in [2.45, 2.75) is 84.3 Å². The molecule has 0 N–H and O–H groups in total. The molecule has 0 spiro atoms. The Morgan fingerprint density at radius 2 is 1.79 bits per heavy atom. The van der Waals surface area contributed by atoms with Gasteiger partial charge in [0.1, 0.15) is 11.4 Å². The number of aryl methyl sites for hydroxylation is 3. The number of anilines is 2. The molecule has 2 aliphatic carbocycles. The largest absolute Gasteiger partial charge is 0.444 e. The monoisotopic (exact) mass is 582 g/mol. The van der Waals surface area contributed by atoms with E-state index in [0.29, 0.717) is 19.7 Å². The van der Waals surface area contributed by atoms with Crippen molar-refractivity contribution in [2.24, 2.45) is 5.41 Å². The van der Waals surface area contributed by atoms with E-state index in [-0.39, 0.29) is 23.0 Å². The summed E-state index contributed by atoms with van der Waals surface area (Å²) in [6.45, 7) is 14.3. The number of ether oxygens (including phenoxy) is 2. The van der Waals surface area contributed by atoms with E-state index in [0.717, 1.165) is 71.7 Å². The van der Waals surface area contributed by atoms with Gasteiger partial charge >= 0.3 is 6.09 Å². The van der Waals surface area contributed by atoms with Crippen molar-refractivity contribution in [3.63, 3.8) is 0 Å². The average Bonchev–Trinajstić information content (AvgIpc) is 3.86. The number of benzene rings is 2. The number of amides is 1. The molecule has 43 heavy (non-hydrogen) atoms. The summed E-state index contributed by atoms with van der Waals surface area (Å²) in [5.41, 5.74) is 6.72. The molecule has 2 heterocycles. The molecule has 1 aliphatic heterocycles. The molecule has 8 heteroatoms. The lowest BCUT2D eigenvalue weighted by Crippen LogP contribution is -2.56. The Bertz CT molecular complexity index is 1530. The molecule has 1 saturated heterocycles. The van der Waals surface area contributed by atoms with Crippen LogP contribution in [-0.2, 0) is 14.9 Å². The summed E-state index contributed by atoms with van der Waals surface area (Å²) in [5.74, 6) is 0.808. The van der Waals surface area contributed by atoms with Gasteiger partial charge in [0, 0.05) is 28.9 Å². The van der Waals surface area contributed by atoms with Crippen molar-refractivity contribution in [3.05, 3.63) is 65.0 Å². The van der Waals surface area contributed by atoms with Gasteiger partial charge in [-0.05, 0) is 102 Å². The third-order valence-corrected chi connectivity index (χ3v) is 9.09. The maximum Gasteiger partial charge on any atom is 0.410 e. The van der Waals surface area contributed by atoms with Crippen LogP contribution in [0.15, 0.2) is 47.0 Å². The van der Waals surface area contributed by atoms with Gasteiger partial charge < -0.3 is 23.8 Å². The number of nitriles is 1. The number of aromatic nitrogens is 1. The third-order valence-electron chi connectivity index (χ3n) is 9.09. The zero-order chi connectivity index (χ0) is 30.6. The van der Waals surface area contributed by atoms with Crippen molar-refractivity contribution >= 4 is 17.5 Å². The molecular weight excluding hydrogens is 540 g/mol. The Morgan fingerprint density at radius 3 is 2.35 bits per heavy atom. The Morgan fingerprint density at radius 1 is 1.09 bits per heavy atom. The van der Waals surface area contributed by atoms with Crippen LogP contribution in [0.25, 0.3) is 11.1 Å². The molecule has 226 valence electrons. The minimum absolute atomic E-state index is 0.0286. The molecule has 1 amide bonds. The highest BCUT2D eigenvalue weighted by Crippen LogP contribution is 2.51. The minimum atomic E-state index is -0.502. The average molecular weight is 583 g/mol. The van der Waals surface area contributed by atoms with Crippen LogP contribution in [0.4, 0.5) is 16.2 Å². The fourth-order valence-electron chi connectivity index (χ4n) is 5.99. The number of rotatable bonds is 9. The number of carbonyl (C=O) groups is 1. The molecule has 6 rings (SSSR count). The summed E-state index contributed by atoms with van der Waals surface area (Å²) in [7, 11) is 0. The number of nitrogens with zero attached hydrogens (tertiary/aromatic N) is 4. The van der Waals surface area contributed by atoms with Crippen LogP contribution in [0.5, 0.6) is 0 Å². The second kappa shape index (κ2) is 10.7. The molecule has 0 atom stereocenters. The molecule has 3 aromatic rings. The fourth-order valence-corrected chi connectivity index (χ4v) is 5.99. The molecule has 0 unspecified atom stereocenters. The normalized spacial score (nSPS) is 18.5. The first-order valence-corrected chi connectivity index (χ1v) is 15.3. The van der Waals surface area contributed by atoms with Gasteiger partial charge in [-0.2, -0.15) is 5.26 Å². The van der Waals surface area contributed by atoms with Crippen molar-refractivity contribution < 1.29 is 18.8 Å². The second-order valence-corrected chi connectivity index (χ2v) is 13.8. The summed E-state index contributed by atoms with van der Waals surface area (Å²) < 4.78 is 17.4. The summed E-state index contributed by atoms with van der Waals surface area (Å²) in [5, 5.41) is 13.9. The van der Waals surface area contributed by atoms with E-state index < -0.39 is 5.60 Å². The number of hydrogen-bond acceptors (Lipinski definition) is 7. The maximum absolute atomic E-state index is 12.4. The zero-order valence-corrected chi connectivity index (χ0v) is 26.2. The first-order chi connectivity index (χ1) is 20.4. The Labute approximate surface area is 254 Å². The molecule has 2 saturated carbocycles. The molecule has 1 aromatic heterocycles. The molecule has 2 aromatic carbocycles. The fraction of sp³-hybridized carbons (Fsp3) is 0.514.